The smallest absolute Gasteiger partial charge is 0.291 e. The van der Waals surface area contributed by atoms with Gasteiger partial charge in [0.15, 0.2) is 11.0 Å². The second-order valence-electron chi connectivity index (χ2n) is 4.05. The Labute approximate surface area is 122 Å². The Morgan fingerprint density at radius 2 is 1.71 bits per heavy atom. The van der Waals surface area contributed by atoms with E-state index in [1.807, 2.05) is 0 Å². The number of anilines is 2. The van der Waals surface area contributed by atoms with E-state index in [-0.39, 0.29) is 22.4 Å². The highest BCUT2D eigenvalue weighted by Crippen LogP contribution is 2.24. The topological polar surface area (TPSA) is 71.3 Å². The molecule has 0 radical (unpaired) electrons. The molecule has 0 spiro atoms. The summed E-state index contributed by atoms with van der Waals surface area (Å²) in [6, 6.07) is 4.17. The monoisotopic (exact) mass is 314 g/mol. The van der Waals surface area contributed by atoms with Gasteiger partial charge >= 0.3 is 0 Å². The molecule has 8 heteroatoms. The number of amides is 2. The lowest BCUT2D eigenvalue weighted by molar-refractivity contribution is -0.114. The Morgan fingerprint density at radius 3 is 2.24 bits per heavy atom. The van der Waals surface area contributed by atoms with Crippen molar-refractivity contribution in [1.29, 1.82) is 0 Å². The lowest BCUT2D eigenvalue weighted by atomic mass is 10.2. The molecule has 0 aliphatic carbocycles. The number of hydrogen-bond donors (Lipinski definition) is 2. The van der Waals surface area contributed by atoms with Gasteiger partial charge in [-0.2, -0.15) is 0 Å². The number of halogens is 3. The normalized spacial score (nSPS) is 10.3. The maximum atomic E-state index is 13.6. The number of benzene rings is 1. The molecule has 1 aromatic heterocycles. The fourth-order valence-electron chi connectivity index (χ4n) is 1.55. The van der Waals surface area contributed by atoms with Gasteiger partial charge in [-0.05, 0) is 29.8 Å². The molecule has 0 aliphatic rings. The molecule has 1 heterocycles. The van der Waals surface area contributed by atoms with E-state index in [1.165, 1.54) is 19.1 Å². The third-order valence-corrected chi connectivity index (χ3v) is 2.62. The molecule has 0 atom stereocenters. The first kappa shape index (κ1) is 15.0. The minimum absolute atomic E-state index is 0.00124. The first-order chi connectivity index (χ1) is 9.86. The molecular formula is C13H9ClF2N2O3. The maximum Gasteiger partial charge on any atom is 0.291 e. The van der Waals surface area contributed by atoms with Crippen molar-refractivity contribution in [2.75, 3.05) is 10.6 Å². The predicted octanol–water partition coefficient (Wildman–Crippen LogP) is 3.42. The number of furan rings is 1. The van der Waals surface area contributed by atoms with Crippen LogP contribution in [0, 0.1) is 11.6 Å². The SMILES string of the molecule is CC(=O)Nc1cc(NC(=O)c2ccc(Cl)o2)c(F)cc1F. The molecular weight excluding hydrogens is 306 g/mol. The van der Waals surface area contributed by atoms with Gasteiger partial charge in [0, 0.05) is 13.0 Å². The van der Waals surface area contributed by atoms with Crippen molar-refractivity contribution < 1.29 is 22.8 Å². The van der Waals surface area contributed by atoms with E-state index in [2.05, 4.69) is 10.6 Å². The summed E-state index contributed by atoms with van der Waals surface area (Å²) in [6.45, 7) is 1.17. The van der Waals surface area contributed by atoms with Gasteiger partial charge in [0.1, 0.15) is 11.6 Å². The third-order valence-electron chi connectivity index (χ3n) is 2.41. The number of carbonyl (C=O) groups is 2. The summed E-state index contributed by atoms with van der Waals surface area (Å²) in [6.07, 6.45) is 0. The van der Waals surface area contributed by atoms with Crippen molar-refractivity contribution in [3.8, 4) is 0 Å². The van der Waals surface area contributed by atoms with E-state index in [0.29, 0.717) is 6.07 Å². The highest BCUT2D eigenvalue weighted by atomic mass is 35.5. The zero-order valence-corrected chi connectivity index (χ0v) is 11.4. The summed E-state index contributed by atoms with van der Waals surface area (Å²) in [5, 5.41) is 4.38. The first-order valence-corrected chi connectivity index (χ1v) is 6.08. The summed E-state index contributed by atoms with van der Waals surface area (Å²) in [7, 11) is 0. The number of hydrogen-bond acceptors (Lipinski definition) is 3. The number of carbonyl (C=O) groups excluding carboxylic acids is 2. The van der Waals surface area contributed by atoms with Gasteiger partial charge in [0.25, 0.3) is 5.91 Å². The van der Waals surface area contributed by atoms with E-state index in [4.69, 9.17) is 16.0 Å². The average Bonchev–Trinajstić information content (AvgIpc) is 2.81. The van der Waals surface area contributed by atoms with Crippen molar-refractivity contribution in [2.24, 2.45) is 0 Å². The Kier molecular flexibility index (Phi) is 4.23. The van der Waals surface area contributed by atoms with Gasteiger partial charge in [-0.25, -0.2) is 8.78 Å². The van der Waals surface area contributed by atoms with Gasteiger partial charge in [0.2, 0.25) is 5.91 Å². The van der Waals surface area contributed by atoms with Gasteiger partial charge in [-0.15, -0.1) is 0 Å². The number of rotatable bonds is 3. The molecule has 2 N–H and O–H groups in total. The highest BCUT2D eigenvalue weighted by Gasteiger charge is 2.16. The van der Waals surface area contributed by atoms with Crippen LogP contribution in [0.15, 0.2) is 28.7 Å². The molecule has 110 valence electrons. The summed E-state index contributed by atoms with van der Waals surface area (Å²) >= 11 is 5.52. The van der Waals surface area contributed by atoms with Gasteiger partial charge in [-0.1, -0.05) is 0 Å². The van der Waals surface area contributed by atoms with Crippen LogP contribution in [0.1, 0.15) is 17.5 Å². The lowest BCUT2D eigenvalue weighted by Crippen LogP contribution is -2.14. The van der Waals surface area contributed by atoms with Gasteiger partial charge in [0.05, 0.1) is 11.4 Å². The van der Waals surface area contributed by atoms with Crippen LogP contribution < -0.4 is 10.6 Å². The quantitative estimate of drug-likeness (QED) is 0.912. The minimum Gasteiger partial charge on any atom is -0.440 e. The number of nitrogens with one attached hydrogen (secondary N) is 2. The van der Waals surface area contributed by atoms with Crippen molar-refractivity contribution in [2.45, 2.75) is 6.92 Å². The molecule has 0 bridgehead atoms. The second kappa shape index (κ2) is 5.92. The van der Waals surface area contributed by atoms with E-state index in [0.717, 1.165) is 6.07 Å². The first-order valence-electron chi connectivity index (χ1n) is 5.70. The standard InChI is InChI=1S/C13H9ClF2N2O3/c1-6(19)17-9-5-10(8(16)4-7(9)15)18-13(20)11-2-3-12(14)21-11/h2-5H,1H3,(H,17,19)(H,18,20). The van der Waals surface area contributed by atoms with Crippen molar-refractivity contribution >= 4 is 34.8 Å². The van der Waals surface area contributed by atoms with E-state index < -0.39 is 23.4 Å². The van der Waals surface area contributed by atoms with E-state index >= 15 is 0 Å². The van der Waals surface area contributed by atoms with Crippen LogP contribution in [-0.2, 0) is 4.79 Å². The average molecular weight is 315 g/mol. The van der Waals surface area contributed by atoms with Crippen LogP contribution in [0.4, 0.5) is 20.2 Å². The van der Waals surface area contributed by atoms with Crippen molar-refractivity contribution in [1.82, 2.24) is 0 Å². The fourth-order valence-corrected chi connectivity index (χ4v) is 1.70. The highest BCUT2D eigenvalue weighted by molar-refractivity contribution is 6.29. The molecule has 0 saturated heterocycles. The second-order valence-corrected chi connectivity index (χ2v) is 4.42. The molecule has 0 unspecified atom stereocenters. The third kappa shape index (κ3) is 3.57. The van der Waals surface area contributed by atoms with Crippen LogP contribution in [0.3, 0.4) is 0 Å². The van der Waals surface area contributed by atoms with Crippen molar-refractivity contribution in [3.05, 3.63) is 46.9 Å². The summed E-state index contributed by atoms with van der Waals surface area (Å²) in [5.74, 6) is -3.38. The predicted molar refractivity (Wildman–Crippen MR) is 72.3 cm³/mol. The Bertz CT molecular complexity index is 715. The molecule has 21 heavy (non-hydrogen) atoms. The molecule has 0 fully saturated rings. The molecule has 2 aromatic rings. The summed E-state index contributed by atoms with van der Waals surface area (Å²) in [5.41, 5.74) is -0.561. The van der Waals surface area contributed by atoms with Crippen LogP contribution in [0.5, 0.6) is 0 Å². The molecule has 2 amide bonds. The van der Waals surface area contributed by atoms with Crippen LogP contribution in [0.2, 0.25) is 5.22 Å². The molecule has 5 nitrogen and oxygen atoms in total. The largest absolute Gasteiger partial charge is 0.440 e. The van der Waals surface area contributed by atoms with E-state index in [1.54, 1.807) is 0 Å². The summed E-state index contributed by atoms with van der Waals surface area (Å²) < 4.78 is 31.9. The zero-order valence-electron chi connectivity index (χ0n) is 10.7. The van der Waals surface area contributed by atoms with Crippen LogP contribution in [0.25, 0.3) is 0 Å². The molecule has 2 rings (SSSR count). The van der Waals surface area contributed by atoms with Crippen LogP contribution in [-0.4, -0.2) is 11.8 Å². The molecule has 1 aromatic carbocycles. The van der Waals surface area contributed by atoms with Crippen LogP contribution >= 0.6 is 11.6 Å². The Morgan fingerprint density at radius 1 is 1.10 bits per heavy atom. The Hall–Kier alpha value is -2.41. The minimum atomic E-state index is -0.993. The van der Waals surface area contributed by atoms with Crippen molar-refractivity contribution in [3.63, 3.8) is 0 Å². The zero-order chi connectivity index (χ0) is 15.6. The fraction of sp³-hybridized carbons (Fsp3) is 0.0769. The van der Waals surface area contributed by atoms with Gasteiger partial charge < -0.3 is 15.1 Å². The lowest BCUT2D eigenvalue weighted by Gasteiger charge is -2.09. The molecule has 0 saturated carbocycles. The Balaban J connectivity index is 2.27. The maximum absolute atomic E-state index is 13.6. The summed E-state index contributed by atoms with van der Waals surface area (Å²) in [4.78, 5) is 22.7. The van der Waals surface area contributed by atoms with Gasteiger partial charge in [-0.3, -0.25) is 9.59 Å². The molecule has 0 aliphatic heterocycles. The van der Waals surface area contributed by atoms with E-state index in [9.17, 15) is 18.4 Å².